The quantitative estimate of drug-likeness (QED) is 0.806. The smallest absolute Gasteiger partial charge is 0.255 e. The van der Waals surface area contributed by atoms with Gasteiger partial charge in [0.2, 0.25) is 0 Å². The van der Waals surface area contributed by atoms with Gasteiger partial charge in [0.05, 0.1) is 14.2 Å². The lowest BCUT2D eigenvalue weighted by Crippen LogP contribution is -2.30. The van der Waals surface area contributed by atoms with Crippen molar-refractivity contribution in [1.82, 2.24) is 4.90 Å². The van der Waals surface area contributed by atoms with Crippen molar-refractivity contribution >= 4 is 17.7 Å². The number of methoxy groups -OCH3 is 2. The summed E-state index contributed by atoms with van der Waals surface area (Å²) in [6.45, 7) is 2.84. The van der Waals surface area contributed by atoms with Crippen LogP contribution < -0.4 is 9.47 Å². The van der Waals surface area contributed by atoms with Crippen molar-refractivity contribution in [2.75, 3.05) is 26.5 Å². The zero-order chi connectivity index (χ0) is 17.8. The highest BCUT2D eigenvalue weighted by Gasteiger charge is 2.33. The summed E-state index contributed by atoms with van der Waals surface area (Å²) in [5, 5.41) is -0.0663. The number of hydrogen-bond donors (Lipinski definition) is 0. The molecule has 0 unspecified atom stereocenters. The molecule has 1 aliphatic rings. The van der Waals surface area contributed by atoms with Gasteiger partial charge in [0.1, 0.15) is 16.9 Å². The first-order valence-corrected chi connectivity index (χ1v) is 9.46. The van der Waals surface area contributed by atoms with Crippen LogP contribution in [-0.2, 0) is 6.42 Å². The molecule has 0 radical (unpaired) electrons. The van der Waals surface area contributed by atoms with Gasteiger partial charge in [-0.25, -0.2) is 0 Å². The van der Waals surface area contributed by atoms with Gasteiger partial charge in [-0.2, -0.15) is 0 Å². The van der Waals surface area contributed by atoms with E-state index in [0.717, 1.165) is 41.3 Å². The van der Waals surface area contributed by atoms with Crippen molar-refractivity contribution in [1.29, 1.82) is 0 Å². The van der Waals surface area contributed by atoms with E-state index < -0.39 is 0 Å². The Balaban J connectivity index is 1.90. The maximum Gasteiger partial charge on any atom is 0.255 e. The summed E-state index contributed by atoms with van der Waals surface area (Å²) in [6.07, 6.45) is 0.970. The second kappa shape index (κ2) is 7.83. The van der Waals surface area contributed by atoms with Gasteiger partial charge in [-0.05, 0) is 42.3 Å². The van der Waals surface area contributed by atoms with Crippen molar-refractivity contribution in [3.63, 3.8) is 0 Å². The van der Waals surface area contributed by atoms with Crippen molar-refractivity contribution in [2.24, 2.45) is 0 Å². The van der Waals surface area contributed by atoms with Crippen LogP contribution in [0, 0.1) is 0 Å². The van der Waals surface area contributed by atoms with Crippen LogP contribution in [0.15, 0.2) is 42.5 Å². The number of thioether (sulfide) groups is 1. The van der Waals surface area contributed by atoms with Crippen LogP contribution >= 0.6 is 11.8 Å². The van der Waals surface area contributed by atoms with Crippen molar-refractivity contribution in [3.8, 4) is 11.5 Å². The summed E-state index contributed by atoms with van der Waals surface area (Å²) in [4.78, 5) is 14.9. The number of ether oxygens (including phenoxy) is 2. The van der Waals surface area contributed by atoms with Crippen LogP contribution in [0.3, 0.4) is 0 Å². The third kappa shape index (κ3) is 3.61. The first kappa shape index (κ1) is 17.7. The lowest BCUT2D eigenvalue weighted by molar-refractivity contribution is 0.0759. The molecule has 0 aromatic heterocycles. The SMILES string of the molecule is CCc1ccc(C(=O)N2CCS[C@H]2c2cc(OC)ccc2OC)cc1. The number of aryl methyl sites for hydroxylation is 1. The van der Waals surface area contributed by atoms with Gasteiger partial charge in [0, 0.05) is 23.4 Å². The molecule has 25 heavy (non-hydrogen) atoms. The summed E-state index contributed by atoms with van der Waals surface area (Å²) >= 11 is 1.75. The van der Waals surface area contributed by atoms with Crippen LogP contribution in [0.1, 0.15) is 33.8 Å². The number of hydrogen-bond acceptors (Lipinski definition) is 4. The number of nitrogens with zero attached hydrogens (tertiary/aromatic N) is 1. The zero-order valence-electron chi connectivity index (χ0n) is 14.8. The molecule has 3 rings (SSSR count). The lowest BCUT2D eigenvalue weighted by atomic mass is 10.1. The maximum atomic E-state index is 13.0. The Morgan fingerprint density at radius 1 is 1.16 bits per heavy atom. The average molecular weight is 357 g/mol. The van der Waals surface area contributed by atoms with Gasteiger partial charge in [-0.15, -0.1) is 11.8 Å². The highest BCUT2D eigenvalue weighted by Crippen LogP contribution is 2.43. The zero-order valence-corrected chi connectivity index (χ0v) is 15.6. The Kier molecular flexibility index (Phi) is 5.53. The first-order valence-electron chi connectivity index (χ1n) is 8.41. The summed E-state index contributed by atoms with van der Waals surface area (Å²) in [7, 11) is 3.30. The Morgan fingerprint density at radius 2 is 1.92 bits per heavy atom. The van der Waals surface area contributed by atoms with Gasteiger partial charge < -0.3 is 14.4 Å². The molecule has 1 aliphatic heterocycles. The molecular formula is C20H23NO3S. The summed E-state index contributed by atoms with van der Waals surface area (Å²) in [5.74, 6) is 2.51. The van der Waals surface area contributed by atoms with Gasteiger partial charge in [0.15, 0.2) is 0 Å². The predicted molar refractivity (Wildman–Crippen MR) is 102 cm³/mol. The second-order valence-corrected chi connectivity index (χ2v) is 7.07. The second-order valence-electron chi connectivity index (χ2n) is 5.88. The van der Waals surface area contributed by atoms with Gasteiger partial charge in [0.25, 0.3) is 5.91 Å². The maximum absolute atomic E-state index is 13.0. The molecule has 0 aliphatic carbocycles. The fourth-order valence-electron chi connectivity index (χ4n) is 3.02. The van der Waals surface area contributed by atoms with Gasteiger partial charge in [-0.3, -0.25) is 4.79 Å². The molecule has 5 heteroatoms. The highest BCUT2D eigenvalue weighted by atomic mass is 32.2. The van der Waals surface area contributed by atoms with Gasteiger partial charge in [-0.1, -0.05) is 19.1 Å². The normalized spacial score (nSPS) is 16.8. The molecular weight excluding hydrogens is 334 g/mol. The van der Waals surface area contributed by atoms with Crippen molar-refractivity contribution < 1.29 is 14.3 Å². The van der Waals surface area contributed by atoms with E-state index >= 15 is 0 Å². The third-order valence-corrected chi connectivity index (χ3v) is 5.71. The molecule has 132 valence electrons. The van der Waals surface area contributed by atoms with E-state index in [2.05, 4.69) is 6.92 Å². The van der Waals surface area contributed by atoms with Crippen LogP contribution in [0.5, 0.6) is 11.5 Å². The number of benzene rings is 2. The molecule has 0 N–H and O–H groups in total. The van der Waals surface area contributed by atoms with E-state index in [1.54, 1.807) is 26.0 Å². The number of rotatable bonds is 5. The largest absolute Gasteiger partial charge is 0.497 e. The van der Waals surface area contributed by atoms with E-state index in [0.29, 0.717) is 0 Å². The predicted octanol–water partition coefficient (Wildman–Crippen LogP) is 4.15. The van der Waals surface area contributed by atoms with Gasteiger partial charge >= 0.3 is 0 Å². The van der Waals surface area contributed by atoms with Crippen LogP contribution in [0.2, 0.25) is 0 Å². The molecule has 0 saturated carbocycles. The minimum Gasteiger partial charge on any atom is -0.497 e. The monoisotopic (exact) mass is 357 g/mol. The molecule has 4 nitrogen and oxygen atoms in total. The van der Waals surface area contributed by atoms with Crippen molar-refractivity contribution in [2.45, 2.75) is 18.7 Å². The molecule has 2 aromatic carbocycles. The molecule has 1 amide bonds. The number of carbonyl (C=O) groups excluding carboxylic acids is 1. The Morgan fingerprint density at radius 3 is 2.56 bits per heavy atom. The molecule has 1 saturated heterocycles. The van der Waals surface area contributed by atoms with Crippen LogP contribution in [-0.4, -0.2) is 37.3 Å². The fraction of sp³-hybridized carbons (Fsp3) is 0.350. The van der Waals surface area contributed by atoms with E-state index in [1.807, 2.05) is 47.4 Å². The Labute approximate surface area is 153 Å². The third-order valence-electron chi connectivity index (χ3n) is 4.46. The van der Waals surface area contributed by atoms with E-state index in [-0.39, 0.29) is 11.3 Å². The molecule has 1 atom stereocenters. The molecule has 1 heterocycles. The highest BCUT2D eigenvalue weighted by molar-refractivity contribution is 7.99. The number of carbonyl (C=O) groups is 1. The number of amides is 1. The lowest BCUT2D eigenvalue weighted by Gasteiger charge is -2.26. The van der Waals surface area contributed by atoms with Crippen molar-refractivity contribution in [3.05, 3.63) is 59.2 Å². The van der Waals surface area contributed by atoms with Crippen LogP contribution in [0.25, 0.3) is 0 Å². The molecule has 0 spiro atoms. The minimum atomic E-state index is -0.0663. The summed E-state index contributed by atoms with van der Waals surface area (Å²) < 4.78 is 10.9. The molecule has 0 bridgehead atoms. The standard InChI is InChI=1S/C20H23NO3S/c1-4-14-5-7-15(8-6-14)19(22)21-11-12-25-20(21)17-13-16(23-2)9-10-18(17)24-3/h5-10,13,20H,4,11-12H2,1-3H3/t20-/m0/s1. The summed E-state index contributed by atoms with van der Waals surface area (Å²) in [6, 6.07) is 13.6. The fourth-order valence-corrected chi connectivity index (χ4v) is 4.29. The summed E-state index contributed by atoms with van der Waals surface area (Å²) in [5.41, 5.74) is 2.94. The molecule has 2 aromatic rings. The average Bonchev–Trinajstić information content (AvgIpc) is 3.16. The molecule has 1 fully saturated rings. The first-order chi connectivity index (χ1) is 12.2. The Bertz CT molecular complexity index is 745. The van der Waals surface area contributed by atoms with Crippen LogP contribution in [0.4, 0.5) is 0 Å². The Hall–Kier alpha value is -2.14. The minimum absolute atomic E-state index is 0.0579. The van der Waals surface area contributed by atoms with E-state index in [9.17, 15) is 4.79 Å². The van der Waals surface area contributed by atoms with E-state index in [1.165, 1.54) is 5.56 Å². The topological polar surface area (TPSA) is 38.8 Å². The van der Waals surface area contributed by atoms with E-state index in [4.69, 9.17) is 9.47 Å².